The van der Waals surface area contributed by atoms with E-state index in [-0.39, 0.29) is 23.9 Å². The van der Waals surface area contributed by atoms with Gasteiger partial charge in [0.25, 0.3) is 0 Å². The largest absolute Gasteiger partial charge is 0.352 e. The Morgan fingerprint density at radius 2 is 1.70 bits per heavy atom. The van der Waals surface area contributed by atoms with Gasteiger partial charge in [-0.05, 0) is 60.6 Å². The highest BCUT2D eigenvalue weighted by atomic mass is 35.5. The minimum absolute atomic E-state index is 0.0971. The summed E-state index contributed by atoms with van der Waals surface area (Å²) in [4.78, 5) is 28.2. The molecular formula is C28H38ClN3O4S. The summed E-state index contributed by atoms with van der Waals surface area (Å²) in [5.74, 6) is -0.720. The molecule has 2 amide bonds. The lowest BCUT2D eigenvalue weighted by atomic mass is 9.87. The molecule has 0 aromatic heterocycles. The minimum atomic E-state index is -3.77. The number of anilines is 1. The van der Waals surface area contributed by atoms with E-state index in [0.29, 0.717) is 10.7 Å². The van der Waals surface area contributed by atoms with E-state index in [9.17, 15) is 18.0 Å². The standard InChI is InChI=1S/C28H38ClN3O4S/c1-20(27(34)30-24-11-6-7-12-24)31(18-21-9-8-10-23(29)17-21)26(33)19-32(37(5,35)36)25-15-13-22(14-16-25)28(2,3)4/h8-10,13-17,20,24H,6-7,11-12,18-19H2,1-5H3,(H,30,34). The van der Waals surface area contributed by atoms with Crippen LogP contribution in [-0.4, -0.2) is 50.0 Å². The maximum absolute atomic E-state index is 13.7. The number of hydrogen-bond donors (Lipinski definition) is 1. The van der Waals surface area contributed by atoms with Crippen LogP contribution < -0.4 is 9.62 Å². The maximum Gasteiger partial charge on any atom is 0.244 e. The lowest BCUT2D eigenvalue weighted by Crippen LogP contribution is -2.52. The Hall–Kier alpha value is -2.58. The number of sulfonamides is 1. The molecule has 1 unspecified atom stereocenters. The van der Waals surface area contributed by atoms with E-state index >= 15 is 0 Å². The normalized spacial score (nSPS) is 15.3. The molecule has 0 spiro atoms. The van der Waals surface area contributed by atoms with E-state index in [1.165, 1.54) is 4.90 Å². The van der Waals surface area contributed by atoms with Crippen LogP contribution in [0.4, 0.5) is 5.69 Å². The molecule has 1 aliphatic rings. The van der Waals surface area contributed by atoms with Gasteiger partial charge in [-0.3, -0.25) is 13.9 Å². The molecular weight excluding hydrogens is 510 g/mol. The Morgan fingerprint density at radius 3 is 2.24 bits per heavy atom. The maximum atomic E-state index is 13.7. The van der Waals surface area contributed by atoms with Crippen LogP contribution in [0.5, 0.6) is 0 Å². The second-order valence-electron chi connectivity index (χ2n) is 10.9. The quantitative estimate of drug-likeness (QED) is 0.485. The van der Waals surface area contributed by atoms with Crippen molar-refractivity contribution in [1.29, 1.82) is 0 Å². The first-order valence-corrected chi connectivity index (χ1v) is 14.9. The number of carbonyl (C=O) groups excluding carboxylic acids is 2. The zero-order valence-corrected chi connectivity index (χ0v) is 23.9. The first-order valence-electron chi connectivity index (χ1n) is 12.7. The molecule has 1 saturated carbocycles. The predicted molar refractivity (Wildman–Crippen MR) is 149 cm³/mol. The van der Waals surface area contributed by atoms with Gasteiger partial charge in [0, 0.05) is 17.6 Å². The fourth-order valence-electron chi connectivity index (χ4n) is 4.55. The van der Waals surface area contributed by atoms with Crippen LogP contribution in [0.3, 0.4) is 0 Å². The molecule has 0 saturated heterocycles. The third-order valence-corrected chi connectivity index (χ3v) is 8.19. The molecule has 0 heterocycles. The van der Waals surface area contributed by atoms with Gasteiger partial charge in [0.1, 0.15) is 12.6 Å². The molecule has 2 aromatic rings. The van der Waals surface area contributed by atoms with Crippen molar-refractivity contribution in [2.45, 2.75) is 77.4 Å². The van der Waals surface area contributed by atoms with Crippen LogP contribution >= 0.6 is 11.6 Å². The molecule has 0 radical (unpaired) electrons. The van der Waals surface area contributed by atoms with Gasteiger partial charge in [0.15, 0.2) is 0 Å². The van der Waals surface area contributed by atoms with Crippen LogP contribution in [0, 0.1) is 0 Å². The summed E-state index contributed by atoms with van der Waals surface area (Å²) in [6.45, 7) is 7.60. The highest BCUT2D eigenvalue weighted by Crippen LogP contribution is 2.26. The fraction of sp³-hybridized carbons (Fsp3) is 0.500. The predicted octanol–water partition coefficient (Wildman–Crippen LogP) is 4.88. The third kappa shape index (κ3) is 7.95. The second-order valence-corrected chi connectivity index (χ2v) is 13.2. The van der Waals surface area contributed by atoms with Gasteiger partial charge in [-0.25, -0.2) is 8.42 Å². The van der Waals surface area contributed by atoms with Gasteiger partial charge in [0.05, 0.1) is 11.9 Å². The minimum Gasteiger partial charge on any atom is -0.352 e. The number of amides is 2. The van der Waals surface area contributed by atoms with Crippen LogP contribution in [-0.2, 0) is 31.6 Å². The summed E-state index contributed by atoms with van der Waals surface area (Å²) in [6, 6.07) is 13.6. The highest BCUT2D eigenvalue weighted by Gasteiger charge is 2.31. The van der Waals surface area contributed by atoms with Crippen molar-refractivity contribution in [3.63, 3.8) is 0 Å². The van der Waals surface area contributed by atoms with E-state index in [1.54, 1.807) is 37.3 Å². The Bertz CT molecular complexity index is 1200. The average molecular weight is 548 g/mol. The summed E-state index contributed by atoms with van der Waals surface area (Å²) >= 11 is 6.16. The molecule has 1 fully saturated rings. The Labute approximate surface area is 226 Å². The lowest BCUT2D eigenvalue weighted by Gasteiger charge is -2.32. The third-order valence-electron chi connectivity index (χ3n) is 6.81. The first-order chi connectivity index (χ1) is 17.3. The van der Waals surface area contributed by atoms with Crippen molar-refractivity contribution >= 4 is 39.1 Å². The molecule has 202 valence electrons. The molecule has 3 rings (SSSR count). The molecule has 1 N–H and O–H groups in total. The van der Waals surface area contributed by atoms with Gasteiger partial charge >= 0.3 is 0 Å². The molecule has 0 aliphatic heterocycles. The number of hydrogen-bond acceptors (Lipinski definition) is 4. The topological polar surface area (TPSA) is 86.8 Å². The summed E-state index contributed by atoms with van der Waals surface area (Å²) in [5.41, 5.74) is 2.10. The Kier molecular flexibility index (Phi) is 9.29. The van der Waals surface area contributed by atoms with Gasteiger partial charge in [-0.2, -0.15) is 0 Å². The van der Waals surface area contributed by atoms with Crippen molar-refractivity contribution in [3.8, 4) is 0 Å². The van der Waals surface area contributed by atoms with Crippen molar-refractivity contribution in [2.24, 2.45) is 0 Å². The number of carbonyl (C=O) groups is 2. The molecule has 7 nitrogen and oxygen atoms in total. The van der Waals surface area contributed by atoms with Crippen LogP contribution in [0.15, 0.2) is 48.5 Å². The number of nitrogens with one attached hydrogen (secondary N) is 1. The van der Waals surface area contributed by atoms with Gasteiger partial charge in [-0.15, -0.1) is 0 Å². The van der Waals surface area contributed by atoms with Crippen LogP contribution in [0.2, 0.25) is 5.02 Å². The van der Waals surface area contributed by atoms with Gasteiger partial charge < -0.3 is 10.2 Å². The van der Waals surface area contributed by atoms with Crippen molar-refractivity contribution in [1.82, 2.24) is 10.2 Å². The second kappa shape index (κ2) is 11.9. The van der Waals surface area contributed by atoms with Crippen molar-refractivity contribution in [3.05, 3.63) is 64.7 Å². The molecule has 1 aliphatic carbocycles. The van der Waals surface area contributed by atoms with Crippen molar-refractivity contribution in [2.75, 3.05) is 17.1 Å². The first kappa shape index (κ1) is 29.0. The van der Waals surface area contributed by atoms with Gasteiger partial charge in [-0.1, -0.05) is 69.5 Å². The van der Waals surface area contributed by atoms with E-state index in [0.717, 1.165) is 47.4 Å². The molecule has 1 atom stereocenters. The zero-order chi connectivity index (χ0) is 27.4. The highest BCUT2D eigenvalue weighted by molar-refractivity contribution is 7.92. The van der Waals surface area contributed by atoms with E-state index in [2.05, 4.69) is 26.1 Å². The van der Waals surface area contributed by atoms with E-state index < -0.39 is 28.5 Å². The molecule has 9 heteroatoms. The molecule has 37 heavy (non-hydrogen) atoms. The number of nitrogens with zero attached hydrogens (tertiary/aromatic N) is 2. The molecule has 0 bridgehead atoms. The monoisotopic (exact) mass is 547 g/mol. The smallest absolute Gasteiger partial charge is 0.244 e. The Morgan fingerprint density at radius 1 is 1.08 bits per heavy atom. The fourth-order valence-corrected chi connectivity index (χ4v) is 5.61. The SMILES string of the molecule is CC(C(=O)NC1CCCC1)N(Cc1cccc(Cl)c1)C(=O)CN(c1ccc(C(C)(C)C)cc1)S(C)(=O)=O. The summed E-state index contributed by atoms with van der Waals surface area (Å²) < 4.78 is 26.6. The van der Waals surface area contributed by atoms with Gasteiger partial charge in [0.2, 0.25) is 21.8 Å². The number of halogens is 1. The zero-order valence-electron chi connectivity index (χ0n) is 22.3. The van der Waals surface area contributed by atoms with E-state index in [4.69, 9.17) is 11.6 Å². The van der Waals surface area contributed by atoms with E-state index in [1.807, 2.05) is 18.2 Å². The van der Waals surface area contributed by atoms with Crippen LogP contribution in [0.1, 0.15) is 64.5 Å². The lowest BCUT2D eigenvalue weighted by molar-refractivity contribution is -0.139. The number of rotatable bonds is 9. The Balaban J connectivity index is 1.88. The molecule has 2 aromatic carbocycles. The number of benzene rings is 2. The summed E-state index contributed by atoms with van der Waals surface area (Å²) in [5, 5.41) is 3.57. The summed E-state index contributed by atoms with van der Waals surface area (Å²) in [6.07, 6.45) is 5.07. The van der Waals surface area contributed by atoms with Crippen molar-refractivity contribution < 1.29 is 18.0 Å². The summed E-state index contributed by atoms with van der Waals surface area (Å²) in [7, 11) is -3.77. The van der Waals surface area contributed by atoms with Crippen LogP contribution in [0.25, 0.3) is 0 Å². The average Bonchev–Trinajstić information content (AvgIpc) is 3.32.